The van der Waals surface area contributed by atoms with Gasteiger partial charge >= 0.3 is 5.97 Å². The molecule has 0 atom stereocenters. The Kier molecular flexibility index (Phi) is 1.11. The van der Waals surface area contributed by atoms with Crippen molar-refractivity contribution in [3.8, 4) is 5.88 Å². The molecule has 0 saturated carbocycles. The van der Waals surface area contributed by atoms with Crippen molar-refractivity contribution in [2.75, 3.05) is 0 Å². The Bertz CT molecular complexity index is 229. The van der Waals surface area contributed by atoms with E-state index in [9.17, 15) is 4.79 Å². The van der Waals surface area contributed by atoms with Crippen LogP contribution in [0.3, 0.4) is 0 Å². The van der Waals surface area contributed by atoms with Crippen LogP contribution in [-0.2, 0) is 0 Å². The maximum absolute atomic E-state index is 10.0. The van der Waals surface area contributed by atoms with Gasteiger partial charge in [-0.3, -0.25) is 0 Å². The minimum Gasteiger partial charge on any atom is -0.492 e. The van der Waals surface area contributed by atoms with Crippen LogP contribution in [0.1, 0.15) is 10.6 Å². The first-order valence-electron chi connectivity index (χ1n) is 2.18. The van der Waals surface area contributed by atoms with Gasteiger partial charge in [0.1, 0.15) is 0 Å². The van der Waals surface area contributed by atoms with Gasteiger partial charge in [0.25, 0.3) is 0 Å². The molecule has 0 aliphatic carbocycles. The predicted octanol–water partition coefficient (Wildman–Crippen LogP) is -0.187. The quantitative estimate of drug-likeness (QED) is 0.489. The van der Waals surface area contributed by atoms with E-state index < -0.39 is 5.97 Å². The molecule has 0 aliphatic rings. The van der Waals surface area contributed by atoms with Crippen molar-refractivity contribution in [2.24, 2.45) is 0 Å². The molecule has 1 aromatic rings. The monoisotopic (exact) mass is 128 g/mol. The van der Waals surface area contributed by atoms with E-state index in [1.165, 1.54) is 0 Å². The Labute approximate surface area is 50.0 Å². The van der Waals surface area contributed by atoms with E-state index in [-0.39, 0.29) is 11.7 Å². The molecule has 1 aromatic heterocycles. The molecule has 0 bridgehead atoms. The molecule has 1 heterocycles. The number of carboxylic acid groups (broad SMARTS) is 1. The van der Waals surface area contributed by atoms with Crippen LogP contribution < -0.4 is 0 Å². The van der Waals surface area contributed by atoms with E-state index in [1.54, 1.807) is 0 Å². The number of rotatable bonds is 1. The molecule has 1 rings (SSSR count). The maximum Gasteiger partial charge on any atom is 0.372 e. The lowest BCUT2D eigenvalue weighted by Crippen LogP contribution is -1.97. The molecule has 3 N–H and O–H groups in total. The van der Waals surface area contributed by atoms with Gasteiger partial charge < -0.3 is 15.2 Å². The van der Waals surface area contributed by atoms with Gasteiger partial charge in [-0.25, -0.2) is 4.79 Å². The van der Waals surface area contributed by atoms with E-state index in [0.717, 1.165) is 6.20 Å². The molecule has 5 nitrogen and oxygen atoms in total. The van der Waals surface area contributed by atoms with Crippen LogP contribution in [0.5, 0.6) is 5.88 Å². The number of aromatic hydroxyl groups is 1. The summed E-state index contributed by atoms with van der Waals surface area (Å²) < 4.78 is 0. The lowest BCUT2D eigenvalue weighted by Gasteiger charge is -1.79. The summed E-state index contributed by atoms with van der Waals surface area (Å²) in [5.74, 6) is -1.75. The summed E-state index contributed by atoms with van der Waals surface area (Å²) in [6, 6.07) is 0. The lowest BCUT2D eigenvalue weighted by molar-refractivity contribution is 0.0684. The summed E-state index contributed by atoms with van der Waals surface area (Å²) >= 11 is 0. The summed E-state index contributed by atoms with van der Waals surface area (Å²) in [7, 11) is 0. The van der Waals surface area contributed by atoms with Crippen LogP contribution in [0, 0.1) is 0 Å². The largest absolute Gasteiger partial charge is 0.492 e. The van der Waals surface area contributed by atoms with Crippen molar-refractivity contribution in [1.29, 1.82) is 0 Å². The SMILES string of the molecule is O=C(O)c1nc(O)c[nH]1. The molecule has 5 heteroatoms. The molecule has 0 fully saturated rings. The fraction of sp³-hybridized carbons (Fsp3) is 0. The first kappa shape index (κ1) is 5.61. The molecular weight excluding hydrogens is 124 g/mol. The number of carboxylic acids is 1. The van der Waals surface area contributed by atoms with E-state index in [2.05, 4.69) is 9.97 Å². The number of nitrogens with one attached hydrogen (secondary N) is 1. The molecule has 0 amide bonds. The number of aromatic amines is 1. The van der Waals surface area contributed by atoms with Gasteiger partial charge in [-0.1, -0.05) is 0 Å². The number of imidazole rings is 1. The second-order valence-electron chi connectivity index (χ2n) is 1.41. The molecule has 0 unspecified atom stereocenters. The second kappa shape index (κ2) is 1.77. The second-order valence-corrected chi connectivity index (χ2v) is 1.41. The first-order valence-corrected chi connectivity index (χ1v) is 2.18. The lowest BCUT2D eigenvalue weighted by atomic mass is 10.6. The molecular formula is C4H4N2O3. The summed E-state index contributed by atoms with van der Waals surface area (Å²) in [5.41, 5.74) is 0. The van der Waals surface area contributed by atoms with Crippen LogP contribution in [0.25, 0.3) is 0 Å². The number of carbonyl (C=O) groups is 1. The van der Waals surface area contributed by atoms with Crippen LogP contribution in [0.15, 0.2) is 6.20 Å². The average molecular weight is 128 g/mol. The highest BCUT2D eigenvalue weighted by Crippen LogP contribution is 2.01. The van der Waals surface area contributed by atoms with E-state index in [1.807, 2.05) is 0 Å². The van der Waals surface area contributed by atoms with Gasteiger partial charge in [-0.2, -0.15) is 4.98 Å². The Morgan fingerprint density at radius 1 is 1.78 bits per heavy atom. The maximum atomic E-state index is 10.0. The zero-order chi connectivity index (χ0) is 6.85. The Morgan fingerprint density at radius 3 is 2.67 bits per heavy atom. The van der Waals surface area contributed by atoms with E-state index >= 15 is 0 Å². The van der Waals surface area contributed by atoms with Crippen molar-refractivity contribution in [1.82, 2.24) is 9.97 Å². The highest BCUT2D eigenvalue weighted by molar-refractivity contribution is 5.83. The third kappa shape index (κ3) is 0.987. The number of H-pyrrole nitrogens is 1. The molecule has 0 radical (unpaired) electrons. The molecule has 0 aliphatic heterocycles. The number of hydrogen-bond acceptors (Lipinski definition) is 3. The smallest absolute Gasteiger partial charge is 0.372 e. The number of nitrogens with zero attached hydrogens (tertiary/aromatic N) is 1. The zero-order valence-corrected chi connectivity index (χ0v) is 4.33. The topological polar surface area (TPSA) is 86.2 Å². The van der Waals surface area contributed by atoms with Crippen LogP contribution in [-0.4, -0.2) is 26.2 Å². The minimum absolute atomic E-state index is 0.257. The summed E-state index contributed by atoms with van der Waals surface area (Å²) in [6.45, 7) is 0. The molecule has 9 heavy (non-hydrogen) atoms. The van der Waals surface area contributed by atoms with Crippen molar-refractivity contribution < 1.29 is 15.0 Å². The molecule has 0 aromatic carbocycles. The number of hydrogen-bond donors (Lipinski definition) is 3. The Balaban J connectivity index is 2.98. The normalized spacial score (nSPS) is 9.33. The highest BCUT2D eigenvalue weighted by atomic mass is 16.4. The molecule has 0 saturated heterocycles. The van der Waals surface area contributed by atoms with Crippen molar-refractivity contribution in [2.45, 2.75) is 0 Å². The van der Waals surface area contributed by atoms with Crippen molar-refractivity contribution in [3.63, 3.8) is 0 Å². The van der Waals surface area contributed by atoms with E-state index in [4.69, 9.17) is 10.2 Å². The number of aromatic nitrogens is 2. The first-order chi connectivity index (χ1) is 4.20. The van der Waals surface area contributed by atoms with Gasteiger partial charge in [0.15, 0.2) is 0 Å². The van der Waals surface area contributed by atoms with Gasteiger partial charge in [0.05, 0.1) is 6.20 Å². The standard InChI is InChI=1S/C4H4N2O3/c7-2-1-5-3(6-2)4(8)9/h1,7H,(H,5,6)(H,8,9). The van der Waals surface area contributed by atoms with E-state index in [0.29, 0.717) is 0 Å². The summed E-state index contributed by atoms with van der Waals surface area (Å²) in [4.78, 5) is 15.5. The third-order valence-corrected chi connectivity index (χ3v) is 0.767. The van der Waals surface area contributed by atoms with Crippen LogP contribution >= 0.6 is 0 Å². The van der Waals surface area contributed by atoms with Crippen LogP contribution in [0.4, 0.5) is 0 Å². The third-order valence-electron chi connectivity index (χ3n) is 0.767. The van der Waals surface area contributed by atoms with Gasteiger partial charge in [-0.15, -0.1) is 0 Å². The highest BCUT2D eigenvalue weighted by Gasteiger charge is 2.05. The molecule has 48 valence electrons. The Morgan fingerprint density at radius 2 is 2.44 bits per heavy atom. The van der Waals surface area contributed by atoms with Gasteiger partial charge in [0, 0.05) is 0 Å². The average Bonchev–Trinajstić information content (AvgIpc) is 2.14. The van der Waals surface area contributed by atoms with Gasteiger partial charge in [-0.05, 0) is 0 Å². The van der Waals surface area contributed by atoms with Crippen molar-refractivity contribution >= 4 is 5.97 Å². The van der Waals surface area contributed by atoms with Crippen LogP contribution in [0.2, 0.25) is 0 Å². The zero-order valence-electron chi connectivity index (χ0n) is 4.33. The minimum atomic E-state index is -1.18. The predicted molar refractivity (Wildman–Crippen MR) is 27.2 cm³/mol. The van der Waals surface area contributed by atoms with Crippen molar-refractivity contribution in [3.05, 3.63) is 12.0 Å². The molecule has 0 spiro atoms. The Hall–Kier alpha value is -1.52. The summed E-state index contributed by atoms with van der Waals surface area (Å²) in [5, 5.41) is 16.7. The fourth-order valence-corrected chi connectivity index (χ4v) is 0.422. The summed E-state index contributed by atoms with van der Waals surface area (Å²) in [6.07, 6.45) is 1.10. The fourth-order valence-electron chi connectivity index (χ4n) is 0.422. The van der Waals surface area contributed by atoms with Gasteiger partial charge in [0.2, 0.25) is 11.7 Å². The number of aromatic carboxylic acids is 1.